The Morgan fingerprint density at radius 2 is 1.29 bits per heavy atom. The van der Waals surface area contributed by atoms with Crippen LogP contribution in [-0.4, -0.2) is 84.4 Å². The van der Waals surface area contributed by atoms with E-state index in [0.29, 0.717) is 26.2 Å². The van der Waals surface area contributed by atoms with E-state index in [1.54, 1.807) is 4.90 Å². The Labute approximate surface area is 225 Å². The molecule has 2 heterocycles. The van der Waals surface area contributed by atoms with Gasteiger partial charge in [0, 0.05) is 61.8 Å². The highest BCUT2D eigenvalue weighted by Crippen LogP contribution is 2.21. The van der Waals surface area contributed by atoms with Crippen LogP contribution in [0.1, 0.15) is 44.2 Å². The highest BCUT2D eigenvalue weighted by molar-refractivity contribution is 5.90. The summed E-state index contributed by atoms with van der Waals surface area (Å²) < 4.78 is 0. The first kappa shape index (κ1) is 27.5. The van der Waals surface area contributed by atoms with Gasteiger partial charge in [0.2, 0.25) is 0 Å². The minimum Gasteiger partial charge on any atom is -0.388 e. The largest absolute Gasteiger partial charge is 0.388 e. The van der Waals surface area contributed by atoms with Gasteiger partial charge in [-0.15, -0.1) is 0 Å². The Balaban J connectivity index is 1.29. The van der Waals surface area contributed by atoms with Gasteiger partial charge in [-0.25, -0.2) is 4.79 Å². The lowest BCUT2D eigenvalue weighted by Crippen LogP contribution is -2.60. The molecular formula is C30H38N4O4. The zero-order chi connectivity index (χ0) is 27.1. The molecule has 8 nitrogen and oxygen atoms in total. The second-order valence-electron chi connectivity index (χ2n) is 10.5. The first-order valence-corrected chi connectivity index (χ1v) is 13.4. The molecule has 0 aromatic heterocycles. The van der Waals surface area contributed by atoms with Crippen LogP contribution in [-0.2, 0) is 4.79 Å². The first-order chi connectivity index (χ1) is 18.2. The molecule has 2 aliphatic rings. The summed E-state index contributed by atoms with van der Waals surface area (Å²) >= 11 is 0. The first-order valence-electron chi connectivity index (χ1n) is 13.4. The molecule has 2 aromatic rings. The summed E-state index contributed by atoms with van der Waals surface area (Å²) in [6.45, 7) is 6.63. The Morgan fingerprint density at radius 3 is 1.74 bits per heavy atom. The van der Waals surface area contributed by atoms with E-state index < -0.39 is 30.1 Å². The fourth-order valence-electron chi connectivity index (χ4n) is 4.93. The van der Waals surface area contributed by atoms with Crippen molar-refractivity contribution in [2.24, 2.45) is 0 Å². The van der Waals surface area contributed by atoms with E-state index in [9.17, 15) is 19.8 Å². The summed E-state index contributed by atoms with van der Waals surface area (Å²) in [6.07, 6.45) is 3.85. The number of nitrogens with one attached hydrogen (secondary N) is 1. The molecule has 38 heavy (non-hydrogen) atoms. The van der Waals surface area contributed by atoms with Crippen LogP contribution in [0.4, 0.5) is 16.2 Å². The smallest absolute Gasteiger partial charge is 0.318 e. The van der Waals surface area contributed by atoms with Gasteiger partial charge in [0.05, 0.1) is 5.60 Å². The number of nitrogens with zero attached hydrogens (tertiary/aromatic N) is 3. The number of ketones is 1. The van der Waals surface area contributed by atoms with Gasteiger partial charge in [-0.2, -0.15) is 0 Å². The maximum absolute atomic E-state index is 12.7. The van der Waals surface area contributed by atoms with E-state index in [4.69, 9.17) is 0 Å². The molecule has 0 saturated carbocycles. The number of anilines is 2. The Morgan fingerprint density at radius 1 is 0.816 bits per heavy atom. The zero-order valence-corrected chi connectivity index (χ0v) is 22.3. The van der Waals surface area contributed by atoms with E-state index in [1.165, 1.54) is 38.8 Å². The van der Waals surface area contributed by atoms with Gasteiger partial charge in [-0.3, -0.25) is 4.79 Å². The molecular weight excluding hydrogens is 480 g/mol. The van der Waals surface area contributed by atoms with Crippen molar-refractivity contribution in [1.29, 1.82) is 0 Å². The number of carbonyl (C=O) groups excluding carboxylic acids is 2. The molecule has 0 bridgehead atoms. The fraction of sp³-hybridized carbons (Fsp3) is 0.467. The molecule has 2 fully saturated rings. The third kappa shape index (κ3) is 7.06. The van der Waals surface area contributed by atoms with Crippen LogP contribution >= 0.6 is 0 Å². The Bertz CT molecular complexity index is 1150. The van der Waals surface area contributed by atoms with Crippen LogP contribution in [0.25, 0.3) is 0 Å². The number of rotatable bonds is 6. The molecule has 2 amide bonds. The van der Waals surface area contributed by atoms with E-state index in [-0.39, 0.29) is 0 Å². The van der Waals surface area contributed by atoms with Gasteiger partial charge in [0.1, 0.15) is 12.6 Å². The van der Waals surface area contributed by atoms with Crippen LogP contribution in [0, 0.1) is 11.8 Å². The van der Waals surface area contributed by atoms with Crippen LogP contribution < -0.4 is 15.1 Å². The summed E-state index contributed by atoms with van der Waals surface area (Å²) in [6, 6.07) is 15.0. The maximum Gasteiger partial charge on any atom is 0.318 e. The molecule has 0 aliphatic carbocycles. The molecule has 2 aromatic carbocycles. The average molecular weight is 519 g/mol. The minimum atomic E-state index is -1.47. The van der Waals surface area contributed by atoms with E-state index in [0.717, 1.165) is 29.9 Å². The topological polar surface area (TPSA) is 96.4 Å². The van der Waals surface area contributed by atoms with E-state index >= 15 is 0 Å². The van der Waals surface area contributed by atoms with Crippen LogP contribution in [0.15, 0.2) is 48.5 Å². The van der Waals surface area contributed by atoms with Crippen molar-refractivity contribution in [2.45, 2.75) is 44.8 Å². The number of Topliss-reactive ketones (excluding diaryl/α,β-unsaturated/α-hetero) is 1. The predicted molar refractivity (Wildman–Crippen MR) is 149 cm³/mol. The van der Waals surface area contributed by atoms with Crippen molar-refractivity contribution < 1.29 is 19.8 Å². The Hall–Kier alpha value is -3.54. The monoisotopic (exact) mass is 518 g/mol. The summed E-state index contributed by atoms with van der Waals surface area (Å²) in [5, 5.41) is 22.0. The third-order valence-electron chi connectivity index (χ3n) is 7.19. The summed E-state index contributed by atoms with van der Waals surface area (Å²) in [4.78, 5) is 30.9. The van der Waals surface area contributed by atoms with Gasteiger partial charge >= 0.3 is 6.03 Å². The number of carbonyl (C=O) groups is 2. The molecule has 0 radical (unpaired) electrons. The minimum absolute atomic E-state index is 0.423. The Kier molecular flexibility index (Phi) is 8.93. The van der Waals surface area contributed by atoms with Gasteiger partial charge in [-0.05, 0) is 81.6 Å². The number of hydrogen-bond donors (Lipinski definition) is 3. The summed E-state index contributed by atoms with van der Waals surface area (Å²) in [5.41, 5.74) is 2.80. The summed E-state index contributed by atoms with van der Waals surface area (Å²) in [7, 11) is 0. The molecule has 0 unspecified atom stereocenters. The van der Waals surface area contributed by atoms with Crippen LogP contribution in [0.3, 0.4) is 0 Å². The lowest BCUT2D eigenvalue weighted by molar-refractivity contribution is -0.129. The number of benzene rings is 2. The second kappa shape index (κ2) is 12.3. The van der Waals surface area contributed by atoms with Crippen molar-refractivity contribution in [1.82, 2.24) is 10.2 Å². The van der Waals surface area contributed by atoms with Gasteiger partial charge in [0.15, 0.2) is 5.78 Å². The fourth-order valence-corrected chi connectivity index (χ4v) is 4.93. The van der Waals surface area contributed by atoms with E-state index in [2.05, 4.69) is 51.2 Å². The van der Waals surface area contributed by atoms with Crippen molar-refractivity contribution in [3.63, 3.8) is 0 Å². The zero-order valence-electron chi connectivity index (χ0n) is 22.3. The molecule has 1 atom stereocenters. The molecule has 2 saturated heterocycles. The third-order valence-corrected chi connectivity index (χ3v) is 7.19. The van der Waals surface area contributed by atoms with Gasteiger partial charge in [-0.1, -0.05) is 11.8 Å². The van der Waals surface area contributed by atoms with Gasteiger partial charge < -0.3 is 30.2 Å². The van der Waals surface area contributed by atoms with Crippen molar-refractivity contribution in [3.8, 4) is 11.8 Å². The molecule has 3 N–H and O–H groups in total. The molecule has 0 spiro atoms. The van der Waals surface area contributed by atoms with Crippen molar-refractivity contribution in [2.75, 3.05) is 55.7 Å². The second-order valence-corrected chi connectivity index (χ2v) is 10.5. The molecule has 202 valence electrons. The quantitative estimate of drug-likeness (QED) is 0.509. The number of urea groups is 1. The highest BCUT2D eigenvalue weighted by Gasteiger charge is 2.35. The lowest BCUT2D eigenvalue weighted by atomic mass is 9.95. The maximum atomic E-state index is 12.7. The predicted octanol–water partition coefficient (Wildman–Crippen LogP) is 2.61. The number of amides is 2. The normalized spacial score (nSPS) is 16.9. The van der Waals surface area contributed by atoms with Crippen molar-refractivity contribution >= 4 is 23.2 Å². The number of aliphatic hydroxyl groups is 2. The number of hydrogen-bond acceptors (Lipinski definition) is 6. The van der Waals surface area contributed by atoms with Crippen molar-refractivity contribution in [3.05, 3.63) is 59.7 Å². The van der Waals surface area contributed by atoms with Gasteiger partial charge in [0.25, 0.3) is 0 Å². The lowest BCUT2D eigenvalue weighted by Gasteiger charge is -2.37. The standard InChI is InChI=1S/C30H38N4O4/c1-30(2,38)28(27(36)22-35)31-29(37)34-20-18-33(19-21-34)26-14-10-24(11-15-26)7-6-23-8-12-25(13-9-23)32-16-4-3-5-17-32/h8-15,28,35,38H,3-5,16-22H2,1-2H3,(H,31,37)/t28-/m1/s1. The highest BCUT2D eigenvalue weighted by atomic mass is 16.3. The number of aliphatic hydroxyl groups excluding tert-OH is 1. The summed E-state index contributed by atoms with van der Waals surface area (Å²) in [5.74, 6) is 5.88. The SMILES string of the molecule is CC(C)(O)[C@H](NC(=O)N1CCN(c2ccc(C#Cc3ccc(N4CCCCC4)cc3)cc2)CC1)C(=O)CO. The molecule has 4 rings (SSSR count). The number of piperidine rings is 1. The van der Waals surface area contributed by atoms with Crippen LogP contribution in [0.2, 0.25) is 0 Å². The molecule has 2 aliphatic heterocycles. The van der Waals surface area contributed by atoms with Crippen LogP contribution in [0.5, 0.6) is 0 Å². The average Bonchev–Trinajstić information content (AvgIpc) is 2.95. The molecule has 8 heteroatoms. The van der Waals surface area contributed by atoms with E-state index in [1.807, 2.05) is 24.3 Å². The number of piperazine rings is 1.